The van der Waals surface area contributed by atoms with Crippen LogP contribution in [0.3, 0.4) is 0 Å². The second-order valence-electron chi connectivity index (χ2n) is 10.4. The number of rotatable bonds is 5. The summed E-state index contributed by atoms with van der Waals surface area (Å²) in [6.45, 7) is 5.09. The van der Waals surface area contributed by atoms with E-state index in [1.165, 1.54) is 16.4 Å². The zero-order valence-electron chi connectivity index (χ0n) is 22.5. The molecule has 9 nitrogen and oxygen atoms in total. The van der Waals surface area contributed by atoms with Gasteiger partial charge in [0.1, 0.15) is 11.7 Å². The Kier molecular flexibility index (Phi) is 8.25. The quantitative estimate of drug-likeness (QED) is 0.533. The van der Waals surface area contributed by atoms with Crippen LogP contribution >= 0.6 is 0 Å². The van der Waals surface area contributed by atoms with E-state index >= 15 is 4.39 Å². The summed E-state index contributed by atoms with van der Waals surface area (Å²) in [5, 5.41) is 2.54. The molecule has 1 N–H and O–H groups in total. The Hall–Kier alpha value is -3.10. The van der Waals surface area contributed by atoms with Gasteiger partial charge in [-0.3, -0.25) is 14.5 Å². The molecule has 0 bridgehead atoms. The minimum atomic E-state index is -4.94. The highest BCUT2D eigenvalue weighted by atomic mass is 32.2. The number of nitrogens with one attached hydrogen (secondary N) is 1. The summed E-state index contributed by atoms with van der Waals surface area (Å²) in [7, 11) is -1.48. The molecule has 3 heterocycles. The Morgan fingerprint density at radius 2 is 1.80 bits per heavy atom. The van der Waals surface area contributed by atoms with Crippen molar-refractivity contribution in [1.29, 1.82) is 0 Å². The van der Waals surface area contributed by atoms with Crippen molar-refractivity contribution in [2.45, 2.75) is 38.5 Å². The molecule has 0 aliphatic carbocycles. The Balaban J connectivity index is 1.74. The lowest BCUT2D eigenvalue weighted by atomic mass is 9.95. The number of nitrogens with zero attached hydrogens (tertiary/aromatic N) is 4. The smallest absolute Gasteiger partial charge is 0.367 e. The average molecular weight is 586 g/mol. The molecule has 3 aliphatic rings. The number of carbonyl (C=O) groups excluding carboxylic acids is 2. The molecule has 4 rings (SSSR count). The molecule has 14 heteroatoms. The molecule has 0 radical (unpaired) electrons. The van der Waals surface area contributed by atoms with Crippen LogP contribution in [0.25, 0.3) is 5.57 Å². The lowest BCUT2D eigenvalue weighted by molar-refractivity contribution is -0.124. The van der Waals surface area contributed by atoms with Gasteiger partial charge in [-0.1, -0.05) is 6.08 Å². The van der Waals surface area contributed by atoms with E-state index in [-0.39, 0.29) is 42.8 Å². The van der Waals surface area contributed by atoms with E-state index in [0.29, 0.717) is 36.6 Å². The molecule has 218 valence electrons. The fraction of sp³-hybridized carbons (Fsp3) is 0.500. The topological polar surface area (TPSA) is 102 Å². The van der Waals surface area contributed by atoms with Gasteiger partial charge in [-0.05, 0) is 45.0 Å². The number of likely N-dealkylation sites (N-methyl/N-ethyl adjacent to an activating group) is 1. The average Bonchev–Trinajstić information content (AvgIpc) is 2.86. The van der Waals surface area contributed by atoms with E-state index in [1.807, 2.05) is 25.8 Å². The monoisotopic (exact) mass is 585 g/mol. The maximum Gasteiger partial charge on any atom is 0.414 e. The second-order valence-corrected chi connectivity index (χ2v) is 12.4. The number of piperazine rings is 1. The third-order valence-electron chi connectivity index (χ3n) is 7.61. The molecule has 3 aliphatic heterocycles. The second kappa shape index (κ2) is 11.1. The number of halogens is 4. The summed E-state index contributed by atoms with van der Waals surface area (Å²) in [5.41, 5.74) is -0.311. The highest BCUT2D eigenvalue weighted by Gasteiger charge is 2.43. The maximum absolute atomic E-state index is 15.6. The molecule has 0 spiro atoms. The third kappa shape index (κ3) is 6.28. The first-order chi connectivity index (χ1) is 18.6. The molecule has 1 aromatic rings. The number of dihydropyridines is 1. The first kappa shape index (κ1) is 29.9. The summed E-state index contributed by atoms with van der Waals surface area (Å²) in [6.07, 6.45) is -1.12. The van der Waals surface area contributed by atoms with E-state index < -0.39 is 45.3 Å². The fourth-order valence-corrected chi connectivity index (χ4v) is 5.90. The van der Waals surface area contributed by atoms with Gasteiger partial charge in [0, 0.05) is 56.1 Å². The minimum absolute atomic E-state index is 0.0385. The van der Waals surface area contributed by atoms with Crippen molar-refractivity contribution in [3.05, 3.63) is 41.2 Å². The highest BCUT2D eigenvalue weighted by Crippen LogP contribution is 2.38. The van der Waals surface area contributed by atoms with Crippen LogP contribution in [-0.4, -0.2) is 93.4 Å². The predicted molar refractivity (Wildman–Crippen MR) is 144 cm³/mol. The van der Waals surface area contributed by atoms with Gasteiger partial charge >= 0.3 is 6.18 Å². The molecule has 0 aromatic heterocycles. The molecule has 3 atom stereocenters. The summed E-state index contributed by atoms with van der Waals surface area (Å²) < 4.78 is 81.6. The number of hydrogen-bond donors (Lipinski definition) is 1. The van der Waals surface area contributed by atoms with Crippen LogP contribution in [0.4, 0.5) is 28.9 Å². The number of anilines is 2. The number of amides is 2. The Bertz CT molecular complexity index is 1390. The normalized spacial score (nSPS) is 25.1. The van der Waals surface area contributed by atoms with Gasteiger partial charge < -0.3 is 10.2 Å². The molecular formula is C26H31F4N5O4S. The van der Waals surface area contributed by atoms with Crippen molar-refractivity contribution in [3.63, 3.8) is 0 Å². The van der Waals surface area contributed by atoms with Crippen LogP contribution in [0.15, 0.2) is 34.9 Å². The number of hydrogen-bond acceptors (Lipinski definition) is 6. The molecule has 0 saturated carbocycles. The number of carbonyl (C=O) groups is 2. The van der Waals surface area contributed by atoms with E-state index in [9.17, 15) is 31.2 Å². The van der Waals surface area contributed by atoms with Crippen LogP contribution in [-0.2, 0) is 19.6 Å². The van der Waals surface area contributed by atoms with Crippen LogP contribution in [0, 0.1) is 11.7 Å². The minimum Gasteiger partial charge on any atom is -0.367 e. The van der Waals surface area contributed by atoms with E-state index in [4.69, 9.17) is 0 Å². The third-order valence-corrected chi connectivity index (χ3v) is 8.87. The molecule has 1 saturated heterocycles. The zero-order chi connectivity index (χ0) is 29.6. The Labute approximate surface area is 230 Å². The number of alkyl halides is 3. The first-order valence-electron chi connectivity index (χ1n) is 12.7. The van der Waals surface area contributed by atoms with Crippen molar-refractivity contribution in [1.82, 2.24) is 9.21 Å². The molecule has 1 aromatic carbocycles. The number of benzene rings is 1. The predicted octanol–water partition coefficient (Wildman–Crippen LogP) is 3.06. The van der Waals surface area contributed by atoms with Gasteiger partial charge in [0.25, 0.3) is 5.91 Å². The van der Waals surface area contributed by atoms with E-state index in [2.05, 4.69) is 15.2 Å². The molecule has 1 unspecified atom stereocenters. The summed E-state index contributed by atoms with van der Waals surface area (Å²) >= 11 is 0. The van der Waals surface area contributed by atoms with Gasteiger partial charge in [0.2, 0.25) is 15.9 Å². The van der Waals surface area contributed by atoms with Crippen molar-refractivity contribution >= 4 is 45.0 Å². The van der Waals surface area contributed by atoms with Crippen molar-refractivity contribution in [2.24, 2.45) is 10.9 Å². The molecule has 40 heavy (non-hydrogen) atoms. The van der Waals surface area contributed by atoms with Gasteiger partial charge in [-0.2, -0.15) is 17.5 Å². The van der Waals surface area contributed by atoms with Gasteiger partial charge in [0.15, 0.2) is 0 Å². The van der Waals surface area contributed by atoms with Crippen LogP contribution in [0.2, 0.25) is 0 Å². The standard InChI is InChI=1S/C26H31F4N5O4S/c1-15-13-34(14-16(2)33(15)3)23-11-21(27)18(17-5-7-35(8-6-17)40(4,38)39)9-22(23)32-25(37)19-12-31-24(36)10-20(19)26(28,29)30/h5,9-12,15-16,19H,6-8,13-14H2,1-4H3,(H,32,37)/t15-,16+,19?. The van der Waals surface area contributed by atoms with Gasteiger partial charge in [-0.15, -0.1) is 0 Å². The van der Waals surface area contributed by atoms with Gasteiger partial charge in [-0.25, -0.2) is 17.8 Å². The SMILES string of the molecule is C[C@@H]1CN(c2cc(F)c(C3=CCN(S(C)(=O)=O)CC3)cc2NC(=O)C2C=NC(=O)C=C2C(F)(F)F)C[C@H](C)N1C. The number of aliphatic imine (C=N–C) groups is 1. The largest absolute Gasteiger partial charge is 0.414 e. The van der Waals surface area contributed by atoms with Crippen LogP contribution in [0.5, 0.6) is 0 Å². The maximum atomic E-state index is 15.6. The Morgan fingerprint density at radius 1 is 1.15 bits per heavy atom. The summed E-state index contributed by atoms with van der Waals surface area (Å²) in [5.74, 6) is -4.67. The lowest BCUT2D eigenvalue weighted by Gasteiger charge is -2.44. The zero-order valence-corrected chi connectivity index (χ0v) is 23.3. The van der Waals surface area contributed by atoms with E-state index in [1.54, 1.807) is 6.08 Å². The van der Waals surface area contributed by atoms with Gasteiger partial charge in [0.05, 0.1) is 23.2 Å². The number of sulfonamides is 1. The first-order valence-corrected chi connectivity index (χ1v) is 14.5. The Morgan fingerprint density at radius 3 is 2.35 bits per heavy atom. The van der Waals surface area contributed by atoms with Crippen LogP contribution in [0.1, 0.15) is 25.8 Å². The molecule has 2 amide bonds. The van der Waals surface area contributed by atoms with Crippen LogP contribution < -0.4 is 10.2 Å². The van der Waals surface area contributed by atoms with Crippen molar-refractivity contribution < 1.29 is 35.6 Å². The van der Waals surface area contributed by atoms with Crippen molar-refractivity contribution in [3.8, 4) is 0 Å². The molecular weight excluding hydrogens is 554 g/mol. The molecule has 1 fully saturated rings. The van der Waals surface area contributed by atoms with E-state index in [0.717, 1.165) is 6.26 Å². The fourth-order valence-electron chi connectivity index (χ4n) is 5.13. The van der Waals surface area contributed by atoms with Crippen molar-refractivity contribution in [2.75, 3.05) is 49.7 Å². The highest BCUT2D eigenvalue weighted by molar-refractivity contribution is 7.88. The summed E-state index contributed by atoms with van der Waals surface area (Å²) in [6, 6.07) is 2.75. The summed E-state index contributed by atoms with van der Waals surface area (Å²) in [4.78, 5) is 32.1. The lowest BCUT2D eigenvalue weighted by Crippen LogP contribution is -2.55.